The average Bonchev–Trinajstić information content (AvgIpc) is 2.74. The van der Waals surface area contributed by atoms with Crippen molar-refractivity contribution in [2.24, 2.45) is 0 Å². The average molecular weight is 265 g/mol. The van der Waals surface area contributed by atoms with Crippen LogP contribution in [0.5, 0.6) is 0 Å². The van der Waals surface area contributed by atoms with Gasteiger partial charge in [0.25, 0.3) is 0 Å². The molecule has 0 radical (unpaired) electrons. The first-order valence-corrected chi connectivity index (χ1v) is 6.10. The van der Waals surface area contributed by atoms with Gasteiger partial charge in [0.1, 0.15) is 17.5 Å². The Hall–Kier alpha value is -1.75. The second-order valence-electron chi connectivity index (χ2n) is 5.44. The van der Waals surface area contributed by atoms with E-state index in [0.717, 1.165) is 0 Å². The molecule has 1 heterocycles. The highest BCUT2D eigenvalue weighted by Gasteiger charge is 2.14. The van der Waals surface area contributed by atoms with Gasteiger partial charge in [-0.25, -0.2) is 13.8 Å². The zero-order valence-electron chi connectivity index (χ0n) is 11.2. The topological polar surface area (TPSA) is 40.7 Å². The second kappa shape index (κ2) is 5.09. The Balaban J connectivity index is 2.22. The molecule has 2 rings (SSSR count). The monoisotopic (exact) mass is 265 g/mol. The van der Waals surface area contributed by atoms with Crippen LogP contribution in [-0.4, -0.2) is 15.5 Å². The highest BCUT2D eigenvalue weighted by Crippen LogP contribution is 2.24. The second-order valence-corrected chi connectivity index (χ2v) is 5.44. The van der Waals surface area contributed by atoms with Gasteiger partial charge in [0.15, 0.2) is 0 Å². The van der Waals surface area contributed by atoms with Gasteiger partial charge in [-0.1, -0.05) is 6.07 Å². The summed E-state index contributed by atoms with van der Waals surface area (Å²) in [4.78, 5) is 7.06. The van der Waals surface area contributed by atoms with Gasteiger partial charge in [0.2, 0.25) is 0 Å². The number of benzene rings is 1. The maximum atomic E-state index is 13.6. The van der Waals surface area contributed by atoms with Crippen molar-refractivity contribution in [2.45, 2.75) is 32.9 Å². The minimum absolute atomic E-state index is 0.0454. The third-order valence-corrected chi connectivity index (χ3v) is 2.65. The molecule has 0 aliphatic heterocycles. The quantitative estimate of drug-likeness (QED) is 0.894. The Bertz CT molecular complexity index is 550. The summed E-state index contributed by atoms with van der Waals surface area (Å²) in [6.45, 7) is 6.62. The number of halogens is 2. The predicted octanol–water partition coefficient (Wildman–Crippen LogP) is 3.24. The first kappa shape index (κ1) is 13.7. The van der Waals surface area contributed by atoms with Crippen molar-refractivity contribution in [1.82, 2.24) is 15.3 Å². The molecule has 0 unspecified atom stereocenters. The van der Waals surface area contributed by atoms with E-state index in [-0.39, 0.29) is 11.1 Å². The molecule has 0 amide bonds. The summed E-state index contributed by atoms with van der Waals surface area (Å²) in [6.07, 6.45) is 1.45. The lowest BCUT2D eigenvalue weighted by molar-refractivity contribution is 0.418. The predicted molar refractivity (Wildman–Crippen MR) is 70.5 cm³/mol. The fourth-order valence-corrected chi connectivity index (χ4v) is 1.68. The summed E-state index contributed by atoms with van der Waals surface area (Å²) in [6, 6.07) is 3.80. The number of hydrogen-bond acceptors (Lipinski definition) is 2. The summed E-state index contributed by atoms with van der Waals surface area (Å²) < 4.78 is 27.2. The van der Waals surface area contributed by atoms with Crippen molar-refractivity contribution < 1.29 is 8.78 Å². The van der Waals surface area contributed by atoms with Crippen LogP contribution in [0.2, 0.25) is 0 Å². The molecule has 2 N–H and O–H groups in total. The number of rotatable bonds is 3. The Morgan fingerprint density at radius 2 is 1.84 bits per heavy atom. The highest BCUT2D eigenvalue weighted by molar-refractivity contribution is 5.60. The van der Waals surface area contributed by atoms with Crippen LogP contribution < -0.4 is 5.32 Å². The van der Waals surface area contributed by atoms with Crippen LogP contribution in [0.25, 0.3) is 11.3 Å². The molecule has 1 aromatic heterocycles. The summed E-state index contributed by atoms with van der Waals surface area (Å²) in [7, 11) is 0. The van der Waals surface area contributed by atoms with Gasteiger partial charge in [0, 0.05) is 5.54 Å². The maximum absolute atomic E-state index is 13.6. The summed E-state index contributed by atoms with van der Waals surface area (Å²) >= 11 is 0. The molecule has 0 saturated carbocycles. The molecule has 0 aliphatic rings. The maximum Gasteiger partial charge on any atom is 0.135 e. The normalized spacial score (nSPS) is 11.8. The minimum Gasteiger partial charge on any atom is -0.341 e. The molecule has 0 atom stereocenters. The third-order valence-electron chi connectivity index (χ3n) is 2.65. The summed E-state index contributed by atoms with van der Waals surface area (Å²) in [5, 5.41) is 3.25. The van der Waals surface area contributed by atoms with Crippen LogP contribution in [0.4, 0.5) is 8.78 Å². The fourth-order valence-electron chi connectivity index (χ4n) is 1.68. The Morgan fingerprint density at radius 3 is 2.42 bits per heavy atom. The smallest absolute Gasteiger partial charge is 0.135 e. The molecule has 19 heavy (non-hydrogen) atoms. The molecule has 0 saturated heterocycles. The molecular weight excluding hydrogens is 248 g/mol. The van der Waals surface area contributed by atoms with Crippen molar-refractivity contribution in [3.63, 3.8) is 0 Å². The number of nitrogens with one attached hydrogen (secondary N) is 2. The van der Waals surface area contributed by atoms with Crippen LogP contribution in [-0.2, 0) is 6.54 Å². The molecular formula is C14H17F2N3. The van der Waals surface area contributed by atoms with Crippen LogP contribution in [0, 0.1) is 11.6 Å². The standard InChI is InChI=1S/C14H17F2N3/c1-14(2,3)18-8-12-17-7-11(19-12)13-9(15)5-4-6-10(13)16/h4-7,18H,8H2,1-3H3,(H,17,19). The van der Waals surface area contributed by atoms with Gasteiger partial charge in [-0.15, -0.1) is 0 Å². The van der Waals surface area contributed by atoms with Crippen LogP contribution in [0.1, 0.15) is 26.6 Å². The lowest BCUT2D eigenvalue weighted by atomic mass is 10.1. The lowest BCUT2D eigenvalue weighted by Crippen LogP contribution is -2.35. The van der Waals surface area contributed by atoms with E-state index in [1.807, 2.05) is 20.8 Å². The van der Waals surface area contributed by atoms with Crippen LogP contribution in [0.15, 0.2) is 24.4 Å². The SMILES string of the molecule is CC(C)(C)NCc1ncc(-c2c(F)cccc2F)[nH]1. The Labute approximate surface area is 111 Å². The molecule has 5 heteroatoms. The number of nitrogens with zero attached hydrogens (tertiary/aromatic N) is 1. The van der Waals surface area contributed by atoms with Crippen molar-refractivity contribution in [2.75, 3.05) is 0 Å². The third kappa shape index (κ3) is 3.38. The fraction of sp³-hybridized carbons (Fsp3) is 0.357. The van der Waals surface area contributed by atoms with E-state index in [1.54, 1.807) is 0 Å². The number of aromatic nitrogens is 2. The lowest BCUT2D eigenvalue weighted by Gasteiger charge is -2.19. The first-order valence-electron chi connectivity index (χ1n) is 6.10. The Kier molecular flexibility index (Phi) is 3.66. The van der Waals surface area contributed by atoms with Crippen LogP contribution >= 0.6 is 0 Å². The number of aromatic amines is 1. The van der Waals surface area contributed by atoms with E-state index in [1.165, 1.54) is 24.4 Å². The van der Waals surface area contributed by atoms with Crippen LogP contribution in [0.3, 0.4) is 0 Å². The van der Waals surface area contributed by atoms with E-state index in [4.69, 9.17) is 0 Å². The Morgan fingerprint density at radius 1 is 1.21 bits per heavy atom. The van der Waals surface area contributed by atoms with E-state index < -0.39 is 11.6 Å². The van der Waals surface area contributed by atoms with Crippen molar-refractivity contribution in [1.29, 1.82) is 0 Å². The van der Waals surface area contributed by atoms with Gasteiger partial charge < -0.3 is 10.3 Å². The molecule has 102 valence electrons. The molecule has 0 spiro atoms. The highest BCUT2D eigenvalue weighted by atomic mass is 19.1. The number of H-pyrrole nitrogens is 1. The largest absolute Gasteiger partial charge is 0.341 e. The minimum atomic E-state index is -0.598. The summed E-state index contributed by atoms with van der Waals surface area (Å²) in [5.41, 5.74) is 0.231. The van der Waals surface area contributed by atoms with Crippen molar-refractivity contribution >= 4 is 0 Å². The van der Waals surface area contributed by atoms with E-state index in [2.05, 4.69) is 15.3 Å². The van der Waals surface area contributed by atoms with Gasteiger partial charge in [-0.05, 0) is 32.9 Å². The zero-order chi connectivity index (χ0) is 14.0. The molecule has 3 nitrogen and oxygen atoms in total. The van der Waals surface area contributed by atoms with E-state index >= 15 is 0 Å². The van der Waals surface area contributed by atoms with E-state index in [0.29, 0.717) is 18.1 Å². The van der Waals surface area contributed by atoms with Gasteiger partial charge in [-0.3, -0.25) is 0 Å². The zero-order valence-corrected chi connectivity index (χ0v) is 11.2. The van der Waals surface area contributed by atoms with Gasteiger partial charge >= 0.3 is 0 Å². The molecule has 0 aliphatic carbocycles. The molecule has 1 aromatic carbocycles. The molecule has 0 fully saturated rings. The van der Waals surface area contributed by atoms with Crippen molar-refractivity contribution in [3.8, 4) is 11.3 Å². The van der Waals surface area contributed by atoms with Gasteiger partial charge in [-0.2, -0.15) is 0 Å². The van der Waals surface area contributed by atoms with Crippen molar-refractivity contribution in [3.05, 3.63) is 41.9 Å². The van der Waals surface area contributed by atoms with E-state index in [9.17, 15) is 8.78 Å². The molecule has 0 bridgehead atoms. The number of imidazole rings is 1. The molecule has 2 aromatic rings. The van der Waals surface area contributed by atoms with Gasteiger partial charge in [0.05, 0.1) is 24.0 Å². The number of hydrogen-bond donors (Lipinski definition) is 2. The first-order chi connectivity index (χ1) is 8.87. The summed E-state index contributed by atoms with van der Waals surface area (Å²) in [5.74, 6) is -0.550.